The molecule has 1 heterocycles. The van der Waals surface area contributed by atoms with Crippen molar-refractivity contribution in [2.24, 2.45) is 0 Å². The van der Waals surface area contributed by atoms with Crippen LogP contribution in [0.15, 0.2) is 0 Å². The van der Waals surface area contributed by atoms with Gasteiger partial charge in [0.25, 0.3) is 0 Å². The van der Waals surface area contributed by atoms with E-state index in [0.29, 0.717) is 0 Å². The topological polar surface area (TPSA) is 12.0 Å². The quantitative estimate of drug-likeness (QED) is 0.515. The second kappa shape index (κ2) is 15.2. The first-order valence-corrected chi connectivity index (χ1v) is 14.9. The second-order valence-corrected chi connectivity index (χ2v) is 14.6. The average molecular weight is 375 g/mol. The Kier molecular flexibility index (Phi) is 15.8. The number of rotatable bonds is 9. The summed E-state index contributed by atoms with van der Waals surface area (Å²) in [6, 6.07) is 0.796. The third kappa shape index (κ3) is 13.5. The fraction of sp³-hybridized carbons (Fsp3) is 1.00. The van der Waals surface area contributed by atoms with Crippen molar-refractivity contribution in [3.8, 4) is 0 Å². The van der Waals surface area contributed by atoms with Gasteiger partial charge in [0.2, 0.25) is 0 Å². The Morgan fingerprint density at radius 1 is 0.895 bits per heavy atom. The maximum atomic E-state index is 3.32. The van der Waals surface area contributed by atoms with Gasteiger partial charge in [-0.15, -0.1) is 0 Å². The summed E-state index contributed by atoms with van der Waals surface area (Å²) in [4.78, 5) is 0. The van der Waals surface area contributed by atoms with Gasteiger partial charge in [0.05, 0.1) is 0 Å². The first-order valence-electron chi connectivity index (χ1n) is 8.81. The Hall–Kier alpha value is 0.759. The number of nitrogens with one attached hydrogen (secondary N) is 1. The molecule has 2 heteroatoms. The van der Waals surface area contributed by atoms with Crippen LogP contribution < -0.4 is 5.32 Å². The molecule has 0 spiro atoms. The fourth-order valence-electron chi connectivity index (χ4n) is 2.51. The van der Waals surface area contributed by atoms with Crippen LogP contribution >= 0.6 is 0 Å². The van der Waals surface area contributed by atoms with Crippen LogP contribution in [0.4, 0.5) is 0 Å². The van der Waals surface area contributed by atoms with Crippen LogP contribution in [-0.4, -0.2) is 32.3 Å². The van der Waals surface area contributed by atoms with Gasteiger partial charge >= 0.3 is 92.4 Å². The molecular weight excluding hydrogens is 337 g/mol. The summed E-state index contributed by atoms with van der Waals surface area (Å²) in [6.07, 6.45) is 11.6. The molecule has 1 unspecified atom stereocenters. The summed E-state index contributed by atoms with van der Waals surface area (Å²) >= 11 is -0.839. The Morgan fingerprint density at radius 2 is 1.37 bits per heavy atom. The third-order valence-corrected chi connectivity index (χ3v) is 13.0. The number of hydrogen-bond acceptors (Lipinski definition) is 1. The van der Waals surface area contributed by atoms with E-state index in [9.17, 15) is 0 Å². The zero-order chi connectivity index (χ0) is 14.3. The van der Waals surface area contributed by atoms with Crippen LogP contribution in [-0.2, 0) is 0 Å². The Morgan fingerprint density at radius 3 is 1.58 bits per heavy atom. The normalized spacial score (nSPS) is 18.5. The van der Waals surface area contributed by atoms with Crippen LogP contribution in [0.3, 0.4) is 0 Å². The van der Waals surface area contributed by atoms with Crippen molar-refractivity contribution in [1.82, 2.24) is 5.32 Å². The molecule has 1 radical (unpaired) electrons. The van der Waals surface area contributed by atoms with Gasteiger partial charge in [-0.2, -0.15) is 0 Å². The predicted molar refractivity (Wildman–Crippen MR) is 91.6 cm³/mol. The monoisotopic (exact) mass is 376 g/mol. The van der Waals surface area contributed by atoms with Crippen molar-refractivity contribution in [1.29, 1.82) is 0 Å². The van der Waals surface area contributed by atoms with Crippen LogP contribution in [0.2, 0.25) is 13.3 Å². The van der Waals surface area contributed by atoms with Gasteiger partial charge in [0.15, 0.2) is 0 Å². The number of hydrogen-bond donors (Lipinski definition) is 1. The van der Waals surface area contributed by atoms with E-state index in [1.54, 1.807) is 13.3 Å². The van der Waals surface area contributed by atoms with Crippen LogP contribution in [0, 0.1) is 0 Å². The van der Waals surface area contributed by atoms with Crippen molar-refractivity contribution in [3.63, 3.8) is 0 Å². The van der Waals surface area contributed by atoms with Crippen molar-refractivity contribution >= 4 is 19.8 Å². The molecular formula is C17H38NSn. The minimum absolute atomic E-state index is 0.796. The van der Waals surface area contributed by atoms with Gasteiger partial charge < -0.3 is 5.32 Å². The van der Waals surface area contributed by atoms with E-state index < -0.39 is 19.8 Å². The third-order valence-electron chi connectivity index (χ3n) is 3.96. The van der Waals surface area contributed by atoms with Crippen molar-refractivity contribution in [2.45, 2.75) is 98.4 Å². The molecule has 0 bridgehead atoms. The summed E-state index contributed by atoms with van der Waals surface area (Å²) in [5.41, 5.74) is 0. The molecule has 1 atom stereocenters. The van der Waals surface area contributed by atoms with Gasteiger partial charge in [-0.05, 0) is 26.3 Å². The van der Waals surface area contributed by atoms with E-state index in [1.807, 2.05) is 0 Å². The standard InChI is InChI=1S/C5H11N.3C4H9.Sn/c1-5-3-2-4-6-5;3*1-3-4-2;/h5-6H,2-4H2,1H3;3*1,3-4H2,2H3;. The van der Waals surface area contributed by atoms with Crippen LogP contribution in [0.25, 0.3) is 0 Å². The van der Waals surface area contributed by atoms with Gasteiger partial charge in [0.1, 0.15) is 0 Å². The molecule has 1 saturated heterocycles. The first-order chi connectivity index (χ1) is 9.24. The minimum atomic E-state index is -0.839. The molecule has 0 saturated carbocycles. The molecule has 1 aliphatic rings. The molecule has 0 amide bonds. The summed E-state index contributed by atoms with van der Waals surface area (Å²) in [6.45, 7) is 10.5. The number of unbranched alkanes of at least 4 members (excludes halogenated alkanes) is 3. The summed E-state index contributed by atoms with van der Waals surface area (Å²) in [5.74, 6) is 0. The van der Waals surface area contributed by atoms with Gasteiger partial charge in [0, 0.05) is 6.04 Å². The molecule has 0 aromatic carbocycles. The van der Waals surface area contributed by atoms with Crippen LogP contribution in [0.1, 0.15) is 79.1 Å². The first kappa shape index (κ1) is 19.8. The van der Waals surface area contributed by atoms with E-state index in [2.05, 4.69) is 33.0 Å². The van der Waals surface area contributed by atoms with Crippen molar-refractivity contribution < 1.29 is 0 Å². The van der Waals surface area contributed by atoms with Gasteiger partial charge in [-0.3, -0.25) is 0 Å². The van der Waals surface area contributed by atoms with E-state index in [0.717, 1.165) is 6.04 Å². The van der Waals surface area contributed by atoms with Crippen LogP contribution in [0.5, 0.6) is 0 Å². The van der Waals surface area contributed by atoms with Gasteiger partial charge in [-0.25, -0.2) is 0 Å². The fourth-order valence-corrected chi connectivity index (χ4v) is 12.0. The summed E-state index contributed by atoms with van der Waals surface area (Å²) < 4.78 is 5.04. The molecule has 0 aliphatic carbocycles. The van der Waals surface area contributed by atoms with E-state index >= 15 is 0 Å². The van der Waals surface area contributed by atoms with Crippen molar-refractivity contribution in [2.75, 3.05) is 6.54 Å². The van der Waals surface area contributed by atoms with E-state index in [1.165, 1.54) is 57.9 Å². The second-order valence-electron chi connectivity index (χ2n) is 6.06. The molecule has 0 aromatic rings. The van der Waals surface area contributed by atoms with Crippen molar-refractivity contribution in [3.05, 3.63) is 0 Å². The molecule has 1 N–H and O–H groups in total. The molecule has 115 valence electrons. The van der Waals surface area contributed by atoms with E-state index in [4.69, 9.17) is 0 Å². The molecule has 1 rings (SSSR count). The molecule has 0 aromatic heterocycles. The Bertz CT molecular complexity index is 148. The molecule has 1 nitrogen and oxygen atoms in total. The molecule has 1 aliphatic heterocycles. The van der Waals surface area contributed by atoms with Gasteiger partial charge in [-0.1, -0.05) is 0 Å². The summed E-state index contributed by atoms with van der Waals surface area (Å²) in [7, 11) is 0. The Balaban J connectivity index is 0.000000443. The predicted octanol–water partition coefficient (Wildman–Crippen LogP) is 5.64. The SMILES string of the molecule is CC1CCCN1.CCC[CH2][Sn]([CH2]CCC)[CH2]CCC. The maximum absolute atomic E-state index is 3.32. The molecule has 19 heavy (non-hydrogen) atoms. The summed E-state index contributed by atoms with van der Waals surface area (Å²) in [5, 5.41) is 3.32. The zero-order valence-corrected chi connectivity index (χ0v) is 16.9. The molecule has 1 fully saturated rings. The Labute approximate surface area is 130 Å². The zero-order valence-electron chi connectivity index (χ0n) is 14.1. The average Bonchev–Trinajstić information content (AvgIpc) is 2.90. The van der Waals surface area contributed by atoms with E-state index in [-0.39, 0.29) is 0 Å².